The summed E-state index contributed by atoms with van der Waals surface area (Å²) in [5.74, 6) is -0.0310. The fraction of sp³-hybridized carbons (Fsp3) is 0.625. The van der Waals surface area contributed by atoms with Crippen molar-refractivity contribution < 1.29 is 28.5 Å². The van der Waals surface area contributed by atoms with Crippen LogP contribution in [0.5, 0.6) is 5.75 Å². The van der Waals surface area contributed by atoms with Crippen LogP contribution in [-0.2, 0) is 24.5 Å². The molecular formula is C24H30BrN3O6. The Labute approximate surface area is 207 Å². The zero-order chi connectivity index (χ0) is 24.3. The van der Waals surface area contributed by atoms with Gasteiger partial charge < -0.3 is 18.9 Å². The van der Waals surface area contributed by atoms with Crippen molar-refractivity contribution in [3.63, 3.8) is 0 Å². The van der Waals surface area contributed by atoms with Gasteiger partial charge in [0.25, 0.3) is 0 Å². The van der Waals surface area contributed by atoms with E-state index in [0.717, 1.165) is 10.0 Å². The molecule has 2 spiro atoms. The molecule has 184 valence electrons. The van der Waals surface area contributed by atoms with E-state index in [2.05, 4.69) is 21.2 Å². The number of carbonyl (C=O) groups is 2. The highest BCUT2D eigenvalue weighted by Crippen LogP contribution is 2.56. The van der Waals surface area contributed by atoms with Crippen LogP contribution >= 0.6 is 15.9 Å². The molecule has 3 heterocycles. The molecule has 1 aromatic carbocycles. The van der Waals surface area contributed by atoms with Gasteiger partial charge in [-0.1, -0.05) is 15.9 Å². The van der Waals surface area contributed by atoms with Gasteiger partial charge in [-0.3, -0.25) is 15.0 Å². The lowest BCUT2D eigenvalue weighted by atomic mass is 9.64. The number of guanidine groups is 1. The summed E-state index contributed by atoms with van der Waals surface area (Å²) in [5, 5.41) is 2.71. The zero-order valence-corrected chi connectivity index (χ0v) is 21.4. The number of hydrogen-bond donors (Lipinski definition) is 1. The van der Waals surface area contributed by atoms with Gasteiger partial charge in [0.05, 0.1) is 19.6 Å². The number of amides is 2. The van der Waals surface area contributed by atoms with Gasteiger partial charge in [0, 0.05) is 35.8 Å². The first kappa shape index (κ1) is 23.6. The number of halogens is 1. The second-order valence-electron chi connectivity index (χ2n) is 10.4. The lowest BCUT2D eigenvalue weighted by Gasteiger charge is -2.52. The number of benzene rings is 1. The quantitative estimate of drug-likeness (QED) is 0.543. The molecule has 1 aliphatic carbocycles. The van der Waals surface area contributed by atoms with Crippen LogP contribution in [0.15, 0.2) is 27.7 Å². The van der Waals surface area contributed by atoms with E-state index in [1.165, 1.54) is 4.90 Å². The van der Waals surface area contributed by atoms with Crippen molar-refractivity contribution in [1.82, 2.24) is 10.2 Å². The molecule has 9 nitrogen and oxygen atoms in total. The van der Waals surface area contributed by atoms with Crippen molar-refractivity contribution in [1.29, 1.82) is 0 Å². The van der Waals surface area contributed by atoms with Crippen LogP contribution in [0.3, 0.4) is 0 Å². The van der Waals surface area contributed by atoms with E-state index in [-0.39, 0.29) is 30.3 Å². The molecular weight excluding hydrogens is 506 g/mol. The summed E-state index contributed by atoms with van der Waals surface area (Å²) in [6.07, 6.45) is 1.22. The van der Waals surface area contributed by atoms with Gasteiger partial charge in [-0.05, 0) is 45.4 Å². The fourth-order valence-electron chi connectivity index (χ4n) is 5.49. The average Bonchev–Trinajstić information content (AvgIpc) is 3.18. The van der Waals surface area contributed by atoms with Crippen molar-refractivity contribution in [3.05, 3.63) is 28.2 Å². The lowest BCUT2D eigenvalue weighted by molar-refractivity contribution is -0.210. The summed E-state index contributed by atoms with van der Waals surface area (Å²) in [6, 6.07) is 5.77. The Morgan fingerprint density at radius 2 is 2.03 bits per heavy atom. The maximum atomic E-state index is 13.3. The second kappa shape index (κ2) is 8.20. The third kappa shape index (κ3) is 4.09. The highest BCUT2D eigenvalue weighted by Gasteiger charge is 2.59. The zero-order valence-electron chi connectivity index (χ0n) is 19.9. The largest absolute Gasteiger partial charge is 0.489 e. The van der Waals surface area contributed by atoms with Gasteiger partial charge in [-0.25, -0.2) is 9.79 Å². The van der Waals surface area contributed by atoms with Gasteiger partial charge in [-0.15, -0.1) is 0 Å². The number of rotatable bonds is 0. The smallest absolute Gasteiger partial charge is 0.414 e. The Hall–Kier alpha value is -2.17. The molecule has 34 heavy (non-hydrogen) atoms. The van der Waals surface area contributed by atoms with E-state index in [9.17, 15) is 9.59 Å². The molecule has 1 aromatic rings. The number of nitrogens with one attached hydrogen (secondary N) is 1. The number of fused-ring (bicyclic) bond motifs is 4. The third-order valence-corrected chi connectivity index (χ3v) is 7.43. The Balaban J connectivity index is 1.58. The van der Waals surface area contributed by atoms with Crippen LogP contribution in [0.2, 0.25) is 0 Å². The molecule has 3 aliphatic heterocycles. The molecule has 10 heteroatoms. The number of carbonyl (C=O) groups excluding carboxylic acids is 2. The summed E-state index contributed by atoms with van der Waals surface area (Å²) < 4.78 is 24.7. The van der Waals surface area contributed by atoms with Gasteiger partial charge in [0.1, 0.15) is 23.0 Å². The first-order valence-electron chi connectivity index (χ1n) is 11.6. The number of nitrogens with zero attached hydrogens (tertiary/aromatic N) is 2. The monoisotopic (exact) mass is 535 g/mol. The fourth-order valence-corrected chi connectivity index (χ4v) is 5.86. The highest BCUT2D eigenvalue weighted by molar-refractivity contribution is 9.10. The maximum Gasteiger partial charge on any atom is 0.414 e. The summed E-state index contributed by atoms with van der Waals surface area (Å²) in [7, 11) is 1.61. The Morgan fingerprint density at radius 1 is 1.29 bits per heavy atom. The van der Waals surface area contributed by atoms with Gasteiger partial charge in [0.15, 0.2) is 5.79 Å². The van der Waals surface area contributed by atoms with Crippen LogP contribution < -0.4 is 10.1 Å². The molecule has 0 aromatic heterocycles. The summed E-state index contributed by atoms with van der Waals surface area (Å²) in [6.45, 7) is 6.49. The first-order chi connectivity index (χ1) is 16.0. The van der Waals surface area contributed by atoms with Crippen molar-refractivity contribution in [3.8, 4) is 5.75 Å². The minimum atomic E-state index is -0.893. The normalized spacial score (nSPS) is 29.9. The van der Waals surface area contributed by atoms with Crippen LogP contribution in [0.25, 0.3) is 0 Å². The van der Waals surface area contributed by atoms with E-state index in [0.29, 0.717) is 38.2 Å². The van der Waals surface area contributed by atoms with E-state index in [4.69, 9.17) is 23.9 Å². The topological polar surface area (TPSA) is 98.7 Å². The van der Waals surface area contributed by atoms with Gasteiger partial charge in [0.2, 0.25) is 11.9 Å². The predicted octanol–water partition coefficient (Wildman–Crippen LogP) is 3.69. The first-order valence-corrected chi connectivity index (χ1v) is 12.4. The maximum absolute atomic E-state index is 13.3. The van der Waals surface area contributed by atoms with E-state index < -0.39 is 23.0 Å². The third-order valence-electron chi connectivity index (χ3n) is 6.94. The molecule has 3 atom stereocenters. The number of ether oxygens (including phenoxy) is 4. The number of aliphatic imine (C=N–C) groups is 1. The Morgan fingerprint density at radius 3 is 2.74 bits per heavy atom. The molecule has 1 saturated heterocycles. The molecule has 0 bridgehead atoms. The summed E-state index contributed by atoms with van der Waals surface area (Å²) >= 11 is 3.56. The number of alkyl carbamates (subject to hydrolysis) is 1. The molecule has 0 radical (unpaired) electrons. The average molecular weight is 536 g/mol. The Bertz CT molecular complexity index is 1050. The predicted molar refractivity (Wildman–Crippen MR) is 126 cm³/mol. The van der Waals surface area contributed by atoms with E-state index in [1.807, 2.05) is 18.2 Å². The van der Waals surface area contributed by atoms with Crippen LogP contribution in [0.1, 0.15) is 52.0 Å². The molecule has 2 amide bonds. The van der Waals surface area contributed by atoms with Crippen molar-refractivity contribution >= 4 is 33.9 Å². The Kier molecular flexibility index (Phi) is 5.69. The molecule has 5 rings (SSSR count). The van der Waals surface area contributed by atoms with Gasteiger partial charge in [-0.2, -0.15) is 0 Å². The van der Waals surface area contributed by atoms with Gasteiger partial charge >= 0.3 is 6.09 Å². The summed E-state index contributed by atoms with van der Waals surface area (Å²) in [5.41, 5.74) is -0.743. The standard InChI is InChI=1S/C24H30BrN3O6/c1-22(2,3)34-21(30)26-20-27-24(13-19(29)28(20)4)15-7-8-23(31-9-10-32-23)12-18(15)33-17-6-5-14(25)11-16(17)24/h5-6,11,15,18H,7-10,12-13H2,1-4H3,(H,26,27,30). The van der Waals surface area contributed by atoms with E-state index in [1.54, 1.807) is 27.8 Å². The van der Waals surface area contributed by atoms with Crippen LogP contribution in [0.4, 0.5) is 4.79 Å². The molecule has 3 unspecified atom stereocenters. The van der Waals surface area contributed by atoms with Crippen molar-refractivity contribution in [2.75, 3.05) is 20.3 Å². The second-order valence-corrected chi connectivity index (χ2v) is 11.3. The van der Waals surface area contributed by atoms with Crippen molar-refractivity contribution in [2.45, 2.75) is 69.5 Å². The minimum absolute atomic E-state index is 0.0965. The van der Waals surface area contributed by atoms with Crippen molar-refractivity contribution in [2.24, 2.45) is 10.9 Å². The van der Waals surface area contributed by atoms with Crippen LogP contribution in [0, 0.1) is 5.92 Å². The van der Waals surface area contributed by atoms with Crippen LogP contribution in [-0.4, -0.2) is 60.6 Å². The minimum Gasteiger partial charge on any atom is -0.489 e. The molecule has 2 fully saturated rings. The number of hydrogen-bond acceptors (Lipinski definition) is 7. The molecule has 4 aliphatic rings. The SMILES string of the molecule is CN1C(=O)CC2(N=C1NC(=O)OC(C)(C)C)c1cc(Br)ccc1OC1CC3(CCC12)OCCO3. The molecule has 1 saturated carbocycles. The lowest BCUT2D eigenvalue weighted by Crippen LogP contribution is -2.60. The summed E-state index contributed by atoms with van der Waals surface area (Å²) in [4.78, 5) is 32.4. The molecule has 1 N–H and O–H groups in total. The highest BCUT2D eigenvalue weighted by atomic mass is 79.9. The van der Waals surface area contributed by atoms with E-state index >= 15 is 0 Å².